The van der Waals surface area contributed by atoms with Crippen molar-refractivity contribution in [1.82, 2.24) is 15.0 Å². The Hall–Kier alpha value is -2.17. The molecule has 0 spiro atoms. The summed E-state index contributed by atoms with van der Waals surface area (Å²) in [4.78, 5) is 11.2. The summed E-state index contributed by atoms with van der Waals surface area (Å²) in [7, 11) is 0. The standard InChI is InChI=1S/C14H17N3O2/c1-4-10-5-7-11(8-6-10)13-12(14(18)19)15-16-17(13)9(2)3/h5-9H,4H2,1-3H3,(H,18,19). The van der Waals surface area contributed by atoms with Crippen LogP contribution < -0.4 is 0 Å². The van der Waals surface area contributed by atoms with E-state index in [0.717, 1.165) is 12.0 Å². The maximum absolute atomic E-state index is 11.2. The van der Waals surface area contributed by atoms with Crippen LogP contribution in [0, 0.1) is 0 Å². The molecule has 5 heteroatoms. The second-order valence-corrected chi connectivity index (χ2v) is 4.68. The molecule has 0 amide bonds. The zero-order valence-electron chi connectivity index (χ0n) is 11.3. The van der Waals surface area contributed by atoms with E-state index in [1.807, 2.05) is 38.1 Å². The highest BCUT2D eigenvalue weighted by Crippen LogP contribution is 2.25. The van der Waals surface area contributed by atoms with E-state index in [9.17, 15) is 9.90 Å². The van der Waals surface area contributed by atoms with Crippen LogP contribution in [-0.2, 0) is 6.42 Å². The van der Waals surface area contributed by atoms with Gasteiger partial charge in [0.15, 0.2) is 5.69 Å². The van der Waals surface area contributed by atoms with E-state index in [1.165, 1.54) is 5.56 Å². The summed E-state index contributed by atoms with van der Waals surface area (Å²) in [5.41, 5.74) is 2.60. The minimum absolute atomic E-state index is 0.00190. The van der Waals surface area contributed by atoms with Crippen molar-refractivity contribution in [1.29, 1.82) is 0 Å². The fourth-order valence-corrected chi connectivity index (χ4v) is 1.97. The topological polar surface area (TPSA) is 68.0 Å². The van der Waals surface area contributed by atoms with Crippen molar-refractivity contribution < 1.29 is 9.90 Å². The van der Waals surface area contributed by atoms with Crippen molar-refractivity contribution in [3.63, 3.8) is 0 Å². The first-order chi connectivity index (χ1) is 9.04. The molecule has 0 aliphatic heterocycles. The van der Waals surface area contributed by atoms with Gasteiger partial charge in [-0.2, -0.15) is 0 Å². The molecular weight excluding hydrogens is 242 g/mol. The number of carboxylic acid groups (broad SMARTS) is 1. The van der Waals surface area contributed by atoms with Gasteiger partial charge in [-0.05, 0) is 25.8 Å². The summed E-state index contributed by atoms with van der Waals surface area (Å²) in [6.45, 7) is 5.98. The summed E-state index contributed by atoms with van der Waals surface area (Å²) in [6.07, 6.45) is 0.952. The molecule has 0 saturated heterocycles. The third-order valence-electron chi connectivity index (χ3n) is 3.02. The Kier molecular flexibility index (Phi) is 3.64. The normalized spacial score (nSPS) is 10.9. The number of aryl methyl sites for hydroxylation is 1. The Morgan fingerprint density at radius 2 is 1.95 bits per heavy atom. The van der Waals surface area contributed by atoms with Crippen LogP contribution in [0.5, 0.6) is 0 Å². The van der Waals surface area contributed by atoms with Gasteiger partial charge in [-0.15, -0.1) is 5.10 Å². The van der Waals surface area contributed by atoms with Gasteiger partial charge in [0.25, 0.3) is 0 Å². The number of rotatable bonds is 4. The van der Waals surface area contributed by atoms with Crippen molar-refractivity contribution in [2.45, 2.75) is 33.2 Å². The molecule has 1 aromatic carbocycles. The van der Waals surface area contributed by atoms with E-state index in [1.54, 1.807) is 4.68 Å². The van der Waals surface area contributed by atoms with Crippen molar-refractivity contribution in [2.24, 2.45) is 0 Å². The van der Waals surface area contributed by atoms with Crippen LogP contribution in [0.2, 0.25) is 0 Å². The maximum atomic E-state index is 11.2. The minimum Gasteiger partial charge on any atom is -0.476 e. The van der Waals surface area contributed by atoms with Crippen LogP contribution in [0.25, 0.3) is 11.3 Å². The second-order valence-electron chi connectivity index (χ2n) is 4.68. The number of carboxylic acids is 1. The number of aromatic carboxylic acids is 1. The SMILES string of the molecule is CCc1ccc(-c2c(C(=O)O)nnn2C(C)C)cc1. The van der Waals surface area contributed by atoms with Crippen LogP contribution in [0.1, 0.15) is 42.9 Å². The van der Waals surface area contributed by atoms with E-state index in [0.29, 0.717) is 5.69 Å². The van der Waals surface area contributed by atoms with Crippen LogP contribution in [0.3, 0.4) is 0 Å². The molecule has 100 valence electrons. The van der Waals surface area contributed by atoms with Gasteiger partial charge in [0.1, 0.15) is 5.69 Å². The van der Waals surface area contributed by atoms with Crippen molar-refractivity contribution >= 4 is 5.97 Å². The number of hydrogen-bond donors (Lipinski definition) is 1. The lowest BCUT2D eigenvalue weighted by atomic mass is 10.1. The molecule has 0 fully saturated rings. The highest BCUT2D eigenvalue weighted by atomic mass is 16.4. The Labute approximate surface area is 111 Å². The molecule has 1 heterocycles. The largest absolute Gasteiger partial charge is 0.476 e. The third kappa shape index (κ3) is 2.50. The first-order valence-electron chi connectivity index (χ1n) is 6.32. The Morgan fingerprint density at radius 3 is 2.42 bits per heavy atom. The van der Waals surface area contributed by atoms with Crippen molar-refractivity contribution in [3.05, 3.63) is 35.5 Å². The fourth-order valence-electron chi connectivity index (χ4n) is 1.97. The first kappa shape index (κ1) is 13.3. The molecule has 0 saturated carbocycles. The minimum atomic E-state index is -1.05. The molecule has 0 aliphatic rings. The highest BCUT2D eigenvalue weighted by Gasteiger charge is 2.21. The zero-order chi connectivity index (χ0) is 14.0. The number of benzene rings is 1. The Balaban J connectivity index is 2.57. The predicted octanol–water partition coefficient (Wildman–Crippen LogP) is 2.79. The van der Waals surface area contributed by atoms with Gasteiger partial charge >= 0.3 is 5.97 Å². The van der Waals surface area contributed by atoms with Gasteiger partial charge in [-0.1, -0.05) is 36.4 Å². The summed E-state index contributed by atoms with van der Waals surface area (Å²) in [6, 6.07) is 7.89. The predicted molar refractivity (Wildman–Crippen MR) is 72.2 cm³/mol. The van der Waals surface area contributed by atoms with Gasteiger partial charge in [-0.25, -0.2) is 9.48 Å². The second kappa shape index (κ2) is 5.22. The number of nitrogens with zero attached hydrogens (tertiary/aromatic N) is 3. The molecule has 0 aliphatic carbocycles. The summed E-state index contributed by atoms with van der Waals surface area (Å²) in [5.74, 6) is -1.05. The van der Waals surface area contributed by atoms with Gasteiger partial charge in [0, 0.05) is 11.6 Å². The van der Waals surface area contributed by atoms with Crippen LogP contribution in [0.15, 0.2) is 24.3 Å². The Morgan fingerprint density at radius 1 is 1.32 bits per heavy atom. The quantitative estimate of drug-likeness (QED) is 0.916. The summed E-state index contributed by atoms with van der Waals surface area (Å²) in [5, 5.41) is 16.9. The van der Waals surface area contributed by atoms with Crippen LogP contribution >= 0.6 is 0 Å². The van der Waals surface area contributed by atoms with Crippen molar-refractivity contribution in [3.8, 4) is 11.3 Å². The van der Waals surface area contributed by atoms with E-state index in [-0.39, 0.29) is 11.7 Å². The Bertz CT molecular complexity index is 585. The van der Waals surface area contributed by atoms with Gasteiger partial charge in [0.2, 0.25) is 0 Å². The van der Waals surface area contributed by atoms with E-state index < -0.39 is 5.97 Å². The number of hydrogen-bond acceptors (Lipinski definition) is 3. The fraction of sp³-hybridized carbons (Fsp3) is 0.357. The maximum Gasteiger partial charge on any atom is 0.358 e. The molecule has 0 atom stereocenters. The lowest BCUT2D eigenvalue weighted by Crippen LogP contribution is -2.07. The van der Waals surface area contributed by atoms with Gasteiger partial charge < -0.3 is 5.11 Å². The average Bonchev–Trinajstić information content (AvgIpc) is 2.83. The van der Waals surface area contributed by atoms with Gasteiger partial charge in [-0.3, -0.25) is 0 Å². The van der Waals surface area contributed by atoms with Crippen LogP contribution in [0.4, 0.5) is 0 Å². The molecule has 2 aromatic rings. The lowest BCUT2D eigenvalue weighted by Gasteiger charge is -2.10. The first-order valence-corrected chi connectivity index (χ1v) is 6.32. The molecule has 1 N–H and O–H groups in total. The third-order valence-corrected chi connectivity index (χ3v) is 3.02. The lowest BCUT2D eigenvalue weighted by molar-refractivity contribution is 0.0691. The summed E-state index contributed by atoms with van der Waals surface area (Å²) >= 11 is 0. The average molecular weight is 259 g/mol. The molecule has 0 bridgehead atoms. The number of aromatic nitrogens is 3. The summed E-state index contributed by atoms with van der Waals surface area (Å²) < 4.78 is 1.64. The monoisotopic (exact) mass is 259 g/mol. The van der Waals surface area contributed by atoms with E-state index in [2.05, 4.69) is 17.2 Å². The molecule has 2 rings (SSSR count). The van der Waals surface area contributed by atoms with E-state index in [4.69, 9.17) is 0 Å². The van der Waals surface area contributed by atoms with Crippen molar-refractivity contribution in [2.75, 3.05) is 0 Å². The van der Waals surface area contributed by atoms with Crippen LogP contribution in [-0.4, -0.2) is 26.1 Å². The number of carbonyl (C=O) groups is 1. The molecule has 0 unspecified atom stereocenters. The zero-order valence-corrected chi connectivity index (χ0v) is 11.3. The molecule has 0 radical (unpaired) electrons. The van der Waals surface area contributed by atoms with Gasteiger partial charge in [0.05, 0.1) is 0 Å². The molecular formula is C14H17N3O2. The van der Waals surface area contributed by atoms with E-state index >= 15 is 0 Å². The smallest absolute Gasteiger partial charge is 0.358 e. The molecule has 5 nitrogen and oxygen atoms in total. The highest BCUT2D eigenvalue weighted by molar-refractivity contribution is 5.92. The molecule has 1 aromatic heterocycles. The molecule has 19 heavy (non-hydrogen) atoms.